The molecule has 0 amide bonds. The minimum Gasteiger partial charge on any atom is -0.507 e. The maximum Gasteiger partial charge on any atom is 0.344 e. The Morgan fingerprint density at radius 2 is 0.509 bits per heavy atom. The normalized spacial score (nSPS) is 12.0. The van der Waals surface area contributed by atoms with Gasteiger partial charge in [-0.05, 0) is 86.1 Å². The van der Waals surface area contributed by atoms with Crippen LogP contribution < -0.4 is 14.2 Å². The zero-order valence-corrected chi connectivity index (χ0v) is 71.6. The summed E-state index contributed by atoms with van der Waals surface area (Å²) < 4.78 is 29.3. The predicted octanol–water partition coefficient (Wildman–Crippen LogP) is 30.4. The number of phenolic OH excluding ortho intramolecular Hbond substituents is 2. The van der Waals surface area contributed by atoms with Gasteiger partial charge in [-0.2, -0.15) is 0 Å². The molecule has 4 rings (SSSR count). The molecule has 110 heavy (non-hydrogen) atoms. The Balaban J connectivity index is 1.30. The zero-order valence-electron chi connectivity index (χ0n) is 71.6. The first-order chi connectivity index (χ1) is 54.2. The van der Waals surface area contributed by atoms with E-state index in [0.717, 1.165) is 51.4 Å². The molecule has 0 spiro atoms. The summed E-state index contributed by atoms with van der Waals surface area (Å²) in [5.41, 5.74) is 1.25. The van der Waals surface area contributed by atoms with Crippen molar-refractivity contribution in [1.29, 1.82) is 0 Å². The summed E-state index contributed by atoms with van der Waals surface area (Å²) in [5, 5.41) is 23.3. The number of phenols is 2. The Bertz CT molecular complexity index is 2630. The molecule has 12 nitrogen and oxygen atoms in total. The van der Waals surface area contributed by atoms with Crippen molar-refractivity contribution in [2.24, 2.45) is 11.8 Å². The van der Waals surface area contributed by atoms with E-state index in [1.807, 2.05) is 24.3 Å². The first kappa shape index (κ1) is 97.0. The van der Waals surface area contributed by atoms with Crippen LogP contribution >= 0.6 is 0 Å². The van der Waals surface area contributed by atoms with Gasteiger partial charge in [0.1, 0.15) is 28.7 Å². The quantitative estimate of drug-likeness (QED) is 0.0319. The summed E-state index contributed by atoms with van der Waals surface area (Å²) in [7, 11) is 1.61. The van der Waals surface area contributed by atoms with Crippen molar-refractivity contribution in [2.45, 2.75) is 439 Å². The van der Waals surface area contributed by atoms with Crippen LogP contribution in [0.15, 0.2) is 60.7 Å². The molecular weight excluding hydrogens is 1360 g/mol. The van der Waals surface area contributed by atoms with Gasteiger partial charge in [-0.25, -0.2) is 24.5 Å². The van der Waals surface area contributed by atoms with Crippen LogP contribution in [0.25, 0.3) is 34.2 Å². The average Bonchev–Trinajstić information content (AvgIpc) is 0.786. The van der Waals surface area contributed by atoms with Gasteiger partial charge in [0, 0.05) is 17.7 Å². The molecule has 0 radical (unpaired) electrons. The summed E-state index contributed by atoms with van der Waals surface area (Å²) in [6, 6.07) is 16.8. The van der Waals surface area contributed by atoms with Gasteiger partial charge < -0.3 is 33.9 Å². The minimum atomic E-state index is -0.432. The second-order valence-electron chi connectivity index (χ2n) is 33.0. The molecule has 0 fully saturated rings. The number of aromatic hydroxyl groups is 2. The maximum atomic E-state index is 13.4. The van der Waals surface area contributed by atoms with Crippen molar-refractivity contribution in [3.63, 3.8) is 0 Å². The number of aromatic nitrogens is 3. The number of rotatable bonds is 78. The SMILES string of the molecule is CCCCCCCCCCCCCCCCCCC(CCCCCCCCCCCCCCCC)COC(=O)COc1ccc(-c2nc(-c3ccc(OC)cc3)nc(-c3ccc(OCC(=O)OCC(CCCCCCCCCCCCCCCC)CCCCCCCCCCCCCCCCCC)cc3O)n2)c(O)c1. The Hall–Kier alpha value is -5.39. The number of unbranched alkanes of at least 4 members (excludes halogenated alkanes) is 56. The van der Waals surface area contributed by atoms with E-state index in [4.69, 9.17) is 38.6 Å². The molecule has 1 heterocycles. The van der Waals surface area contributed by atoms with E-state index >= 15 is 0 Å². The molecule has 12 heteroatoms. The number of ether oxygens (including phenoxy) is 5. The van der Waals surface area contributed by atoms with E-state index in [-0.39, 0.29) is 36.4 Å². The summed E-state index contributed by atoms with van der Waals surface area (Å²) >= 11 is 0. The Morgan fingerprint density at radius 3 is 0.736 bits per heavy atom. The van der Waals surface area contributed by atoms with E-state index in [9.17, 15) is 19.8 Å². The molecule has 626 valence electrons. The van der Waals surface area contributed by atoms with Crippen molar-refractivity contribution in [1.82, 2.24) is 15.0 Å². The van der Waals surface area contributed by atoms with Crippen molar-refractivity contribution in [3.8, 4) is 62.9 Å². The van der Waals surface area contributed by atoms with Crippen molar-refractivity contribution < 1.29 is 43.5 Å². The molecule has 0 aliphatic rings. The highest BCUT2D eigenvalue weighted by atomic mass is 16.6. The Kier molecular flexibility index (Phi) is 61.0. The Labute approximate surface area is 674 Å². The molecule has 0 aliphatic heterocycles. The predicted molar refractivity (Wildman–Crippen MR) is 464 cm³/mol. The molecule has 0 saturated heterocycles. The van der Waals surface area contributed by atoms with Crippen LogP contribution in [0.1, 0.15) is 439 Å². The fraction of sp³-hybridized carbons (Fsp3) is 0.765. The fourth-order valence-corrected chi connectivity index (χ4v) is 15.7. The molecule has 4 aromatic rings. The molecule has 3 aromatic carbocycles. The van der Waals surface area contributed by atoms with E-state index in [2.05, 4.69) is 27.7 Å². The molecular formula is C98H165N3O9. The van der Waals surface area contributed by atoms with Crippen LogP contribution in [-0.2, 0) is 19.1 Å². The highest BCUT2D eigenvalue weighted by molar-refractivity contribution is 5.74. The lowest BCUT2D eigenvalue weighted by molar-refractivity contribution is -0.148. The van der Waals surface area contributed by atoms with Gasteiger partial charge in [-0.1, -0.05) is 413 Å². The third-order valence-electron chi connectivity index (χ3n) is 22.9. The number of hydrogen-bond acceptors (Lipinski definition) is 12. The first-order valence-electron chi connectivity index (χ1n) is 46.8. The number of hydrogen-bond donors (Lipinski definition) is 2. The lowest BCUT2D eigenvalue weighted by Crippen LogP contribution is -2.19. The molecule has 2 atom stereocenters. The number of nitrogens with zero attached hydrogens (tertiary/aromatic N) is 3. The van der Waals surface area contributed by atoms with Crippen LogP contribution in [-0.4, -0.2) is 70.6 Å². The first-order valence-corrected chi connectivity index (χ1v) is 46.8. The van der Waals surface area contributed by atoms with E-state index in [1.54, 1.807) is 31.4 Å². The van der Waals surface area contributed by atoms with Crippen molar-refractivity contribution in [3.05, 3.63) is 60.7 Å². The van der Waals surface area contributed by atoms with Gasteiger partial charge in [0.15, 0.2) is 30.7 Å². The molecule has 2 N–H and O–H groups in total. The van der Waals surface area contributed by atoms with E-state index < -0.39 is 11.9 Å². The van der Waals surface area contributed by atoms with Crippen LogP contribution in [0.5, 0.6) is 28.7 Å². The average molecular weight is 1530 g/mol. The van der Waals surface area contributed by atoms with Crippen LogP contribution in [0.4, 0.5) is 0 Å². The number of benzene rings is 3. The largest absolute Gasteiger partial charge is 0.507 e. The number of methoxy groups -OCH3 is 1. The smallest absolute Gasteiger partial charge is 0.344 e. The summed E-state index contributed by atoms with van der Waals surface area (Å²) in [6.07, 6.45) is 84.8. The monoisotopic (exact) mass is 1530 g/mol. The van der Waals surface area contributed by atoms with E-state index in [0.29, 0.717) is 64.8 Å². The fourth-order valence-electron chi connectivity index (χ4n) is 15.7. The standard InChI is InChI=1S/C98H165N3O9/c1-6-10-14-18-22-26-30-34-38-40-44-48-52-56-60-64-68-84(66-62-58-54-50-46-42-36-32-28-24-20-16-12-8-3)80-109-94(104)82-107-88-74-76-90(92(102)78-88)97-99-96(86-70-72-87(106-5)73-71-86)100-98(101-97)91-77-75-89(79-93(91)103)108-83-95(105)110-81-85(67-63-59-55-51-47-43-37-33-29-25-21-17-13-9-4)69-65-61-57-53-49-45-41-39-35-31-27-23-19-15-11-7-2/h70-79,84-85,102-103H,6-69,80-83H2,1-5H3. The highest BCUT2D eigenvalue weighted by Gasteiger charge is 2.21. The van der Waals surface area contributed by atoms with Crippen molar-refractivity contribution in [2.75, 3.05) is 33.5 Å². The number of carbonyl (C=O) groups is 2. The van der Waals surface area contributed by atoms with Crippen LogP contribution in [0.3, 0.4) is 0 Å². The van der Waals surface area contributed by atoms with Gasteiger partial charge in [0.25, 0.3) is 0 Å². The Morgan fingerprint density at radius 1 is 0.291 bits per heavy atom. The lowest BCUT2D eigenvalue weighted by atomic mass is 9.94. The van der Waals surface area contributed by atoms with E-state index in [1.165, 1.54) is 372 Å². The van der Waals surface area contributed by atoms with Crippen LogP contribution in [0.2, 0.25) is 0 Å². The maximum absolute atomic E-state index is 13.4. The van der Waals surface area contributed by atoms with Gasteiger partial charge in [-0.15, -0.1) is 0 Å². The molecule has 2 unspecified atom stereocenters. The number of carbonyl (C=O) groups excluding carboxylic acids is 2. The van der Waals surface area contributed by atoms with Gasteiger partial charge in [0.2, 0.25) is 0 Å². The molecule has 0 aliphatic carbocycles. The third-order valence-corrected chi connectivity index (χ3v) is 22.9. The summed E-state index contributed by atoms with van der Waals surface area (Å²) in [4.78, 5) is 41.2. The molecule has 0 bridgehead atoms. The minimum absolute atomic E-state index is 0.151. The summed E-state index contributed by atoms with van der Waals surface area (Å²) in [5.74, 6) is 1.30. The van der Waals surface area contributed by atoms with Gasteiger partial charge in [0.05, 0.1) is 31.5 Å². The second-order valence-corrected chi connectivity index (χ2v) is 33.0. The van der Waals surface area contributed by atoms with Crippen LogP contribution in [0, 0.1) is 11.8 Å². The van der Waals surface area contributed by atoms with Gasteiger partial charge in [-0.3, -0.25) is 0 Å². The molecule has 1 aromatic heterocycles. The van der Waals surface area contributed by atoms with Gasteiger partial charge >= 0.3 is 11.9 Å². The topological polar surface area (TPSA) is 159 Å². The highest BCUT2D eigenvalue weighted by Crippen LogP contribution is 2.37. The summed E-state index contributed by atoms with van der Waals surface area (Å²) in [6.45, 7) is 9.35. The number of esters is 2. The second kappa shape index (κ2) is 69.1. The lowest BCUT2D eigenvalue weighted by Gasteiger charge is -2.17. The third kappa shape index (κ3) is 50.7. The zero-order chi connectivity index (χ0) is 78.5. The molecule has 0 saturated carbocycles. The van der Waals surface area contributed by atoms with Crippen molar-refractivity contribution >= 4 is 11.9 Å².